The van der Waals surface area contributed by atoms with Crippen LogP contribution in [0.1, 0.15) is 15.9 Å². The highest BCUT2D eigenvalue weighted by atomic mass is 79.9. The van der Waals surface area contributed by atoms with E-state index in [0.717, 1.165) is 53.1 Å². The summed E-state index contributed by atoms with van der Waals surface area (Å²) in [4.78, 5) is 22.4. The number of hydrogen-bond donors (Lipinski definition) is 0. The van der Waals surface area contributed by atoms with Crippen LogP contribution in [0.15, 0.2) is 40.9 Å². The average molecular weight is 495 g/mol. The number of anilines is 1. The third-order valence-corrected chi connectivity index (χ3v) is 7.20. The van der Waals surface area contributed by atoms with E-state index >= 15 is 0 Å². The first-order valence-electron chi connectivity index (χ1n) is 9.47. The largest absolute Gasteiger partial charge is 0.379 e. The van der Waals surface area contributed by atoms with Gasteiger partial charge in [-0.1, -0.05) is 35.1 Å². The zero-order valence-electron chi connectivity index (χ0n) is 16.0. The summed E-state index contributed by atoms with van der Waals surface area (Å²) in [5.41, 5.74) is 2.42. The first-order valence-corrected chi connectivity index (χ1v) is 11.5. The summed E-state index contributed by atoms with van der Waals surface area (Å²) in [6.45, 7) is 6.52. The Hall–Kier alpha value is -1.51. The second kappa shape index (κ2) is 9.10. The van der Waals surface area contributed by atoms with Crippen LogP contribution in [0.4, 0.5) is 5.13 Å². The molecule has 1 saturated heterocycles. The maximum absolute atomic E-state index is 13.5. The van der Waals surface area contributed by atoms with E-state index in [1.54, 1.807) is 4.90 Å². The van der Waals surface area contributed by atoms with Gasteiger partial charge in [-0.05, 0) is 52.7 Å². The summed E-state index contributed by atoms with van der Waals surface area (Å²) in [6, 6.07) is 11.4. The lowest BCUT2D eigenvalue weighted by Crippen LogP contribution is -2.43. The fourth-order valence-electron chi connectivity index (χ4n) is 3.33. The molecule has 0 N–H and O–H groups in total. The minimum atomic E-state index is -0.0615. The van der Waals surface area contributed by atoms with E-state index in [9.17, 15) is 4.79 Å². The highest BCUT2D eigenvalue weighted by Crippen LogP contribution is 2.34. The maximum atomic E-state index is 13.5. The summed E-state index contributed by atoms with van der Waals surface area (Å²) in [7, 11) is 0. The summed E-state index contributed by atoms with van der Waals surface area (Å²) < 4.78 is 7.24. The van der Waals surface area contributed by atoms with E-state index in [-0.39, 0.29) is 5.91 Å². The predicted octanol–water partition coefficient (Wildman–Crippen LogP) is 5.00. The Labute approximate surface area is 187 Å². The lowest BCUT2D eigenvalue weighted by atomic mass is 10.2. The molecule has 152 valence electrons. The lowest BCUT2D eigenvalue weighted by Gasteiger charge is -2.29. The number of aromatic nitrogens is 1. The molecule has 2 heterocycles. The Bertz CT molecular complexity index is 1040. The molecule has 5 nitrogen and oxygen atoms in total. The van der Waals surface area contributed by atoms with Crippen LogP contribution in [0.2, 0.25) is 5.02 Å². The molecule has 3 aromatic rings. The molecule has 0 atom stereocenters. The molecule has 0 bridgehead atoms. The number of halogens is 2. The van der Waals surface area contributed by atoms with Crippen molar-refractivity contribution in [2.75, 3.05) is 44.3 Å². The van der Waals surface area contributed by atoms with Crippen molar-refractivity contribution in [1.29, 1.82) is 0 Å². The molecule has 1 aliphatic heterocycles. The van der Waals surface area contributed by atoms with Gasteiger partial charge in [-0.2, -0.15) is 0 Å². The van der Waals surface area contributed by atoms with Gasteiger partial charge >= 0.3 is 0 Å². The van der Waals surface area contributed by atoms with Crippen LogP contribution in [0, 0.1) is 6.92 Å². The van der Waals surface area contributed by atoms with Crippen LogP contribution in [0.25, 0.3) is 10.2 Å². The van der Waals surface area contributed by atoms with Gasteiger partial charge in [0.15, 0.2) is 5.13 Å². The van der Waals surface area contributed by atoms with E-state index in [1.807, 2.05) is 43.3 Å². The van der Waals surface area contributed by atoms with Crippen LogP contribution < -0.4 is 4.90 Å². The average Bonchev–Trinajstić information content (AvgIpc) is 3.17. The Morgan fingerprint density at radius 1 is 1.28 bits per heavy atom. The van der Waals surface area contributed by atoms with Gasteiger partial charge in [-0.3, -0.25) is 14.6 Å². The molecule has 1 fully saturated rings. The third-order valence-electron chi connectivity index (χ3n) is 5.06. The molecule has 4 rings (SSSR count). The number of aryl methyl sites for hydroxylation is 1. The van der Waals surface area contributed by atoms with E-state index < -0.39 is 0 Å². The molecule has 1 aromatic heterocycles. The predicted molar refractivity (Wildman–Crippen MR) is 122 cm³/mol. The van der Waals surface area contributed by atoms with E-state index in [1.165, 1.54) is 11.3 Å². The standard InChI is InChI=1S/C21H21BrClN3O2S/c1-14-17(23)6-7-18-19(14)24-21(29-18)26(9-8-25-10-12-28-13-11-25)20(27)15-4-2-3-5-16(15)22/h2-7H,8-13H2,1H3. The number of rotatable bonds is 5. The number of ether oxygens (including phenoxy) is 1. The van der Waals surface area contributed by atoms with Crippen molar-refractivity contribution in [2.45, 2.75) is 6.92 Å². The zero-order chi connectivity index (χ0) is 20.4. The number of fused-ring (bicyclic) bond motifs is 1. The van der Waals surface area contributed by atoms with Crippen LogP contribution in [0.3, 0.4) is 0 Å². The van der Waals surface area contributed by atoms with Crippen molar-refractivity contribution in [1.82, 2.24) is 9.88 Å². The van der Waals surface area contributed by atoms with Crippen LogP contribution in [0.5, 0.6) is 0 Å². The van der Waals surface area contributed by atoms with E-state index in [4.69, 9.17) is 21.3 Å². The SMILES string of the molecule is Cc1c(Cl)ccc2sc(N(CCN3CCOCC3)C(=O)c3ccccc3Br)nc12. The number of amides is 1. The number of benzene rings is 2. The smallest absolute Gasteiger partial charge is 0.261 e. The van der Waals surface area contributed by atoms with Crippen molar-refractivity contribution in [3.05, 3.63) is 57.0 Å². The van der Waals surface area contributed by atoms with Crippen molar-refractivity contribution in [3.8, 4) is 0 Å². The second-order valence-electron chi connectivity index (χ2n) is 6.91. The fourth-order valence-corrected chi connectivity index (χ4v) is 4.99. The summed E-state index contributed by atoms with van der Waals surface area (Å²) in [6.07, 6.45) is 0. The number of carbonyl (C=O) groups excluding carboxylic acids is 1. The van der Waals surface area contributed by atoms with Crippen LogP contribution >= 0.6 is 38.9 Å². The second-order valence-corrected chi connectivity index (χ2v) is 9.18. The highest BCUT2D eigenvalue weighted by molar-refractivity contribution is 9.10. The number of nitrogens with zero attached hydrogens (tertiary/aromatic N) is 3. The number of morpholine rings is 1. The highest BCUT2D eigenvalue weighted by Gasteiger charge is 2.24. The Morgan fingerprint density at radius 3 is 2.79 bits per heavy atom. The van der Waals surface area contributed by atoms with Gasteiger partial charge in [0.05, 0.1) is 29.0 Å². The molecule has 0 spiro atoms. The summed E-state index contributed by atoms with van der Waals surface area (Å²) in [5, 5.41) is 1.38. The van der Waals surface area contributed by atoms with Crippen molar-refractivity contribution in [3.63, 3.8) is 0 Å². The molecule has 0 radical (unpaired) electrons. The number of carbonyl (C=O) groups is 1. The van der Waals surface area contributed by atoms with Gasteiger partial charge in [0.25, 0.3) is 5.91 Å². The minimum Gasteiger partial charge on any atom is -0.379 e. The molecule has 0 saturated carbocycles. The number of thiazole rings is 1. The summed E-state index contributed by atoms with van der Waals surface area (Å²) in [5.74, 6) is -0.0615. The normalized spacial score (nSPS) is 15.0. The number of hydrogen-bond acceptors (Lipinski definition) is 5. The van der Waals surface area contributed by atoms with Crippen molar-refractivity contribution >= 4 is 60.1 Å². The Kier molecular flexibility index (Phi) is 6.51. The molecule has 0 aliphatic carbocycles. The first-order chi connectivity index (χ1) is 14.0. The quantitative estimate of drug-likeness (QED) is 0.501. The molecule has 29 heavy (non-hydrogen) atoms. The maximum Gasteiger partial charge on any atom is 0.261 e. The third kappa shape index (κ3) is 4.49. The summed E-state index contributed by atoms with van der Waals surface area (Å²) >= 11 is 11.3. The van der Waals surface area contributed by atoms with Crippen LogP contribution in [-0.4, -0.2) is 55.2 Å². The minimum absolute atomic E-state index is 0.0615. The lowest BCUT2D eigenvalue weighted by molar-refractivity contribution is 0.0391. The monoisotopic (exact) mass is 493 g/mol. The van der Waals surface area contributed by atoms with Crippen LogP contribution in [-0.2, 0) is 4.74 Å². The first kappa shape index (κ1) is 20.8. The molecule has 1 amide bonds. The van der Waals surface area contributed by atoms with Gasteiger partial charge in [0.2, 0.25) is 0 Å². The Balaban J connectivity index is 1.68. The van der Waals surface area contributed by atoms with Gasteiger partial charge < -0.3 is 4.74 Å². The zero-order valence-corrected chi connectivity index (χ0v) is 19.2. The molecular formula is C21H21BrClN3O2S. The van der Waals surface area contributed by atoms with Gasteiger partial charge in [0.1, 0.15) is 0 Å². The topological polar surface area (TPSA) is 45.7 Å². The van der Waals surface area contributed by atoms with Gasteiger partial charge in [-0.15, -0.1) is 0 Å². The Morgan fingerprint density at radius 2 is 2.03 bits per heavy atom. The van der Waals surface area contributed by atoms with Crippen molar-refractivity contribution < 1.29 is 9.53 Å². The van der Waals surface area contributed by atoms with Crippen molar-refractivity contribution in [2.24, 2.45) is 0 Å². The molecule has 1 aliphatic rings. The molecular weight excluding hydrogens is 474 g/mol. The molecule has 8 heteroatoms. The molecule has 0 unspecified atom stereocenters. The van der Waals surface area contributed by atoms with Gasteiger partial charge in [-0.25, -0.2) is 4.98 Å². The van der Waals surface area contributed by atoms with E-state index in [0.29, 0.717) is 22.3 Å². The van der Waals surface area contributed by atoms with Gasteiger partial charge in [0, 0.05) is 35.7 Å². The van der Waals surface area contributed by atoms with E-state index in [2.05, 4.69) is 20.8 Å². The fraction of sp³-hybridized carbons (Fsp3) is 0.333. The molecule has 2 aromatic carbocycles.